The molecule has 154 valence electrons. The van der Waals surface area contributed by atoms with E-state index in [0.717, 1.165) is 16.7 Å². The molecule has 0 aliphatic carbocycles. The molecule has 1 aromatic carbocycles. The first-order valence-electron chi connectivity index (χ1n) is 10.2. The van der Waals surface area contributed by atoms with Crippen LogP contribution < -0.4 is 5.63 Å². The first-order valence-corrected chi connectivity index (χ1v) is 13.7. The quantitative estimate of drug-likeness (QED) is 0.276. The Hall–Kier alpha value is -1.99. The van der Waals surface area contributed by atoms with Gasteiger partial charge in [0, 0.05) is 45.7 Å². The van der Waals surface area contributed by atoms with Crippen LogP contribution in [0.2, 0.25) is 0 Å². The Balaban J connectivity index is 1.22. The second kappa shape index (κ2) is 8.17. The number of hydrogen-bond donors (Lipinski definition) is 0. The number of fused-ring (bicyclic) bond motifs is 1. The number of rotatable bonds is 4. The van der Waals surface area contributed by atoms with Crippen LogP contribution >= 0.6 is 46.2 Å². The lowest BCUT2D eigenvalue weighted by atomic mass is 10.1. The number of allylic oxidation sites excluding steroid dienone is 2. The third-order valence-electron chi connectivity index (χ3n) is 5.43. The molecule has 6 rings (SSSR count). The Morgan fingerprint density at radius 1 is 0.871 bits per heavy atom. The summed E-state index contributed by atoms with van der Waals surface area (Å²) < 4.78 is 5.53. The predicted octanol–water partition coefficient (Wildman–Crippen LogP) is 8.28. The highest BCUT2D eigenvalue weighted by Crippen LogP contribution is 2.52. The number of thioether (sulfide) groups is 2. The van der Waals surface area contributed by atoms with Crippen LogP contribution in [0.3, 0.4) is 0 Å². The van der Waals surface area contributed by atoms with E-state index < -0.39 is 0 Å². The van der Waals surface area contributed by atoms with Crippen molar-refractivity contribution in [1.82, 2.24) is 0 Å². The van der Waals surface area contributed by atoms with Crippen LogP contribution in [0.15, 0.2) is 76.0 Å². The van der Waals surface area contributed by atoms with Crippen molar-refractivity contribution in [3.8, 4) is 10.4 Å². The number of benzene rings is 1. The van der Waals surface area contributed by atoms with Crippen molar-refractivity contribution in [2.45, 2.75) is 18.1 Å². The molecule has 2 nitrogen and oxygen atoms in total. The van der Waals surface area contributed by atoms with E-state index in [1.54, 1.807) is 11.3 Å². The fourth-order valence-corrected chi connectivity index (χ4v) is 8.61. The summed E-state index contributed by atoms with van der Waals surface area (Å²) in [4.78, 5) is 20.4. The molecule has 0 amide bonds. The minimum atomic E-state index is -0.268. The molecule has 4 aromatic rings. The summed E-state index contributed by atoms with van der Waals surface area (Å²) in [5.41, 5.74) is 1.02. The Labute approximate surface area is 196 Å². The van der Waals surface area contributed by atoms with E-state index in [1.807, 2.05) is 65.2 Å². The van der Waals surface area contributed by atoms with Gasteiger partial charge in [-0.2, -0.15) is 0 Å². The van der Waals surface area contributed by atoms with Crippen molar-refractivity contribution >= 4 is 67.0 Å². The molecular formula is C25H18O2S4. The average molecular weight is 479 g/mol. The van der Waals surface area contributed by atoms with Crippen molar-refractivity contribution in [3.05, 3.63) is 91.8 Å². The third-order valence-corrected chi connectivity index (χ3v) is 10.7. The van der Waals surface area contributed by atoms with E-state index >= 15 is 0 Å². The topological polar surface area (TPSA) is 30.2 Å². The maximum atomic E-state index is 12.5. The van der Waals surface area contributed by atoms with Gasteiger partial charge in [-0.15, -0.1) is 46.2 Å². The van der Waals surface area contributed by atoms with E-state index in [4.69, 9.17) is 4.42 Å². The van der Waals surface area contributed by atoms with Gasteiger partial charge in [0.1, 0.15) is 5.58 Å². The maximum absolute atomic E-state index is 12.5. The van der Waals surface area contributed by atoms with Crippen LogP contribution in [-0.4, -0.2) is 5.75 Å². The molecule has 0 saturated heterocycles. The second-order valence-electron chi connectivity index (χ2n) is 7.47. The lowest BCUT2D eigenvalue weighted by Crippen LogP contribution is -2.01. The van der Waals surface area contributed by atoms with Gasteiger partial charge in [0.2, 0.25) is 0 Å². The highest BCUT2D eigenvalue weighted by atomic mass is 32.2. The highest BCUT2D eigenvalue weighted by Gasteiger charge is 2.24. The largest absolute Gasteiger partial charge is 0.422 e. The molecule has 0 N–H and O–H groups in total. The Bertz CT molecular complexity index is 1400. The minimum absolute atomic E-state index is 0.268. The fraction of sp³-hybridized carbons (Fsp3) is 0.160. The fourth-order valence-electron chi connectivity index (χ4n) is 3.89. The zero-order valence-corrected chi connectivity index (χ0v) is 19.8. The third kappa shape index (κ3) is 3.76. The molecule has 0 fully saturated rings. The van der Waals surface area contributed by atoms with Gasteiger partial charge in [-0.3, -0.25) is 0 Å². The van der Waals surface area contributed by atoms with Gasteiger partial charge in [0.05, 0.1) is 5.56 Å². The molecular weight excluding hydrogens is 461 g/mol. The van der Waals surface area contributed by atoms with Crippen LogP contribution in [0.5, 0.6) is 0 Å². The molecule has 1 unspecified atom stereocenters. The zero-order valence-electron chi connectivity index (χ0n) is 16.5. The molecule has 5 heterocycles. The summed E-state index contributed by atoms with van der Waals surface area (Å²) in [5.74, 6) is 1.21. The SMILES string of the molecule is O=c1oc2ccccc2cc1-c1ccc(C2CC=C(c3ccc(C4=CCCS4)s3)S2)s1. The van der Waals surface area contributed by atoms with Crippen LogP contribution in [0, 0.1) is 0 Å². The van der Waals surface area contributed by atoms with Crippen molar-refractivity contribution in [2.24, 2.45) is 0 Å². The molecule has 0 spiro atoms. The molecule has 0 bridgehead atoms. The van der Waals surface area contributed by atoms with Gasteiger partial charge in [-0.05, 0) is 49.2 Å². The van der Waals surface area contributed by atoms with Crippen molar-refractivity contribution < 1.29 is 4.42 Å². The van der Waals surface area contributed by atoms with Crippen LogP contribution in [0.25, 0.3) is 31.2 Å². The first kappa shape index (κ1) is 19.7. The molecule has 2 aliphatic rings. The molecule has 0 radical (unpaired) electrons. The number of thiophene rings is 2. The molecule has 1 atom stereocenters. The van der Waals surface area contributed by atoms with Gasteiger partial charge in [-0.25, -0.2) is 4.79 Å². The normalized spacial score (nSPS) is 18.5. The summed E-state index contributed by atoms with van der Waals surface area (Å²) in [7, 11) is 0. The van der Waals surface area contributed by atoms with Gasteiger partial charge in [-0.1, -0.05) is 30.4 Å². The second-order valence-corrected chi connectivity index (χ2v) is 12.0. The van der Waals surface area contributed by atoms with E-state index in [1.165, 1.54) is 36.6 Å². The smallest absolute Gasteiger partial charge is 0.345 e. The van der Waals surface area contributed by atoms with Crippen molar-refractivity contribution in [1.29, 1.82) is 0 Å². The van der Waals surface area contributed by atoms with Crippen LogP contribution in [0.1, 0.15) is 32.7 Å². The monoisotopic (exact) mass is 478 g/mol. The summed E-state index contributed by atoms with van der Waals surface area (Å²) in [6, 6.07) is 18.4. The minimum Gasteiger partial charge on any atom is -0.422 e. The van der Waals surface area contributed by atoms with E-state index in [-0.39, 0.29) is 5.63 Å². The molecule has 0 saturated carbocycles. The number of para-hydroxylation sites is 1. The Morgan fingerprint density at radius 2 is 1.71 bits per heavy atom. The van der Waals surface area contributed by atoms with E-state index in [2.05, 4.69) is 36.4 Å². The highest BCUT2D eigenvalue weighted by molar-refractivity contribution is 8.09. The maximum Gasteiger partial charge on any atom is 0.345 e. The Kier molecular flexibility index (Phi) is 5.19. The summed E-state index contributed by atoms with van der Waals surface area (Å²) in [6.45, 7) is 0. The van der Waals surface area contributed by atoms with Crippen molar-refractivity contribution in [2.75, 3.05) is 5.75 Å². The summed E-state index contributed by atoms with van der Waals surface area (Å²) >= 11 is 7.51. The number of hydrogen-bond acceptors (Lipinski definition) is 6. The first-order chi connectivity index (χ1) is 15.2. The predicted molar refractivity (Wildman–Crippen MR) is 138 cm³/mol. The van der Waals surface area contributed by atoms with Gasteiger partial charge < -0.3 is 4.42 Å². The van der Waals surface area contributed by atoms with E-state index in [9.17, 15) is 4.79 Å². The van der Waals surface area contributed by atoms with Crippen molar-refractivity contribution in [3.63, 3.8) is 0 Å². The average Bonchev–Trinajstić information content (AvgIpc) is 3.58. The molecule has 3 aromatic heterocycles. The van der Waals surface area contributed by atoms with Crippen LogP contribution in [-0.2, 0) is 0 Å². The Morgan fingerprint density at radius 3 is 2.58 bits per heavy atom. The van der Waals surface area contributed by atoms with Crippen LogP contribution in [0.4, 0.5) is 0 Å². The lowest BCUT2D eigenvalue weighted by molar-refractivity contribution is 0.564. The molecule has 6 heteroatoms. The van der Waals surface area contributed by atoms with Gasteiger partial charge in [0.15, 0.2) is 0 Å². The molecule has 31 heavy (non-hydrogen) atoms. The van der Waals surface area contributed by atoms with Gasteiger partial charge in [0.25, 0.3) is 0 Å². The van der Waals surface area contributed by atoms with Gasteiger partial charge >= 0.3 is 5.63 Å². The van der Waals surface area contributed by atoms with E-state index in [0.29, 0.717) is 16.4 Å². The summed E-state index contributed by atoms with van der Waals surface area (Å²) in [5, 5.41) is 1.36. The summed E-state index contributed by atoms with van der Waals surface area (Å²) in [6.07, 6.45) is 6.93. The molecule has 2 aliphatic heterocycles. The zero-order chi connectivity index (χ0) is 20.8. The standard InChI is InChI=1S/C25H18O2S4/c26-25-16(14-15-4-1-2-5-17(15)27-25)18-7-8-21(29-18)22-11-12-24(31-22)23-10-9-20(30-23)19-6-3-13-28-19/h1-2,4-10,12,14,22H,3,11,13H2. The lowest BCUT2D eigenvalue weighted by Gasteiger charge is -2.07.